The summed E-state index contributed by atoms with van der Waals surface area (Å²) >= 11 is 0. The highest BCUT2D eigenvalue weighted by Crippen LogP contribution is 2.30. The SMILES string of the molecule is COc1ccc(S(=O)(=O)N(C)Cc2cccc(C)c2)cc1C(C)C. The molecule has 130 valence electrons. The van der Waals surface area contributed by atoms with Crippen molar-refractivity contribution in [1.82, 2.24) is 4.31 Å². The first-order valence-corrected chi connectivity index (χ1v) is 9.39. The summed E-state index contributed by atoms with van der Waals surface area (Å²) in [7, 11) is -0.349. The number of nitrogens with zero attached hydrogens (tertiary/aromatic N) is 1. The molecular weight excluding hydrogens is 322 g/mol. The van der Waals surface area contributed by atoms with Crippen molar-refractivity contribution in [1.29, 1.82) is 0 Å². The minimum absolute atomic E-state index is 0.178. The van der Waals surface area contributed by atoms with E-state index in [1.165, 1.54) is 4.31 Å². The maximum absolute atomic E-state index is 12.9. The molecule has 2 rings (SSSR count). The zero-order valence-electron chi connectivity index (χ0n) is 14.9. The fourth-order valence-corrected chi connectivity index (χ4v) is 3.85. The summed E-state index contributed by atoms with van der Waals surface area (Å²) in [5.41, 5.74) is 2.98. The number of ether oxygens (including phenoxy) is 1. The molecule has 0 radical (unpaired) electrons. The summed E-state index contributed by atoms with van der Waals surface area (Å²) in [5.74, 6) is 0.891. The molecule has 0 spiro atoms. The van der Waals surface area contributed by atoms with Gasteiger partial charge in [-0.2, -0.15) is 4.31 Å². The van der Waals surface area contributed by atoms with Crippen LogP contribution in [0.25, 0.3) is 0 Å². The van der Waals surface area contributed by atoms with Crippen LogP contribution in [0.4, 0.5) is 0 Å². The summed E-state index contributed by atoms with van der Waals surface area (Å²) in [5, 5.41) is 0. The van der Waals surface area contributed by atoms with Gasteiger partial charge in [0.2, 0.25) is 10.0 Å². The average Bonchev–Trinajstić information content (AvgIpc) is 2.54. The van der Waals surface area contributed by atoms with Crippen molar-refractivity contribution in [3.8, 4) is 5.75 Å². The summed E-state index contributed by atoms with van der Waals surface area (Å²) in [4.78, 5) is 0.294. The minimum Gasteiger partial charge on any atom is -0.496 e. The Labute approximate surface area is 145 Å². The molecule has 0 aliphatic rings. The Kier molecular flexibility index (Phi) is 5.67. The monoisotopic (exact) mass is 347 g/mol. The van der Waals surface area contributed by atoms with Crippen LogP contribution in [-0.4, -0.2) is 26.9 Å². The topological polar surface area (TPSA) is 46.6 Å². The summed E-state index contributed by atoms with van der Waals surface area (Å²) < 4.78 is 32.5. The van der Waals surface area contributed by atoms with Crippen LogP contribution in [0.5, 0.6) is 5.75 Å². The van der Waals surface area contributed by atoms with Crippen molar-refractivity contribution in [2.45, 2.75) is 38.1 Å². The Morgan fingerprint density at radius 3 is 2.42 bits per heavy atom. The van der Waals surface area contributed by atoms with Crippen LogP contribution in [0, 0.1) is 6.92 Å². The maximum atomic E-state index is 12.9. The third-order valence-corrected chi connectivity index (χ3v) is 5.82. The van der Waals surface area contributed by atoms with E-state index in [-0.39, 0.29) is 5.92 Å². The number of benzene rings is 2. The van der Waals surface area contributed by atoms with E-state index in [1.807, 2.05) is 45.0 Å². The maximum Gasteiger partial charge on any atom is 0.243 e. The molecule has 24 heavy (non-hydrogen) atoms. The van der Waals surface area contributed by atoms with Crippen molar-refractivity contribution in [3.63, 3.8) is 0 Å². The van der Waals surface area contributed by atoms with Crippen molar-refractivity contribution in [3.05, 3.63) is 59.2 Å². The van der Waals surface area contributed by atoms with Gasteiger partial charge in [0, 0.05) is 13.6 Å². The molecule has 0 amide bonds. The summed E-state index contributed by atoms with van der Waals surface area (Å²) in [6.07, 6.45) is 0. The fraction of sp³-hybridized carbons (Fsp3) is 0.368. The fourth-order valence-electron chi connectivity index (χ4n) is 2.66. The summed E-state index contributed by atoms with van der Waals surface area (Å²) in [6.45, 7) is 6.37. The highest BCUT2D eigenvalue weighted by molar-refractivity contribution is 7.89. The third-order valence-electron chi connectivity index (χ3n) is 4.02. The molecule has 0 unspecified atom stereocenters. The lowest BCUT2D eigenvalue weighted by atomic mass is 10.0. The molecule has 2 aromatic rings. The normalized spacial score (nSPS) is 12.0. The third kappa shape index (κ3) is 3.97. The van der Waals surface area contributed by atoms with E-state index < -0.39 is 10.0 Å². The molecule has 2 aromatic carbocycles. The highest BCUT2D eigenvalue weighted by atomic mass is 32.2. The lowest BCUT2D eigenvalue weighted by molar-refractivity contribution is 0.407. The zero-order chi connectivity index (χ0) is 17.9. The Balaban J connectivity index is 2.34. The number of hydrogen-bond donors (Lipinski definition) is 0. The molecule has 0 saturated carbocycles. The Bertz CT molecular complexity index is 813. The second-order valence-electron chi connectivity index (χ2n) is 6.31. The lowest BCUT2D eigenvalue weighted by Crippen LogP contribution is -2.26. The van der Waals surface area contributed by atoms with E-state index >= 15 is 0 Å². The molecule has 5 heteroatoms. The largest absolute Gasteiger partial charge is 0.496 e. The molecule has 0 heterocycles. The molecule has 0 aliphatic carbocycles. The first-order valence-electron chi connectivity index (χ1n) is 7.95. The van der Waals surface area contributed by atoms with Gasteiger partial charge < -0.3 is 4.74 Å². The first-order chi connectivity index (χ1) is 11.3. The summed E-state index contributed by atoms with van der Waals surface area (Å²) in [6, 6.07) is 12.9. The predicted octanol–water partition coefficient (Wildman–Crippen LogP) is 3.95. The van der Waals surface area contributed by atoms with E-state index in [2.05, 4.69) is 0 Å². The van der Waals surface area contributed by atoms with Crippen LogP contribution < -0.4 is 4.74 Å². The predicted molar refractivity (Wildman–Crippen MR) is 96.9 cm³/mol. The molecular formula is C19H25NO3S. The van der Waals surface area contributed by atoms with Gasteiger partial charge in [0.1, 0.15) is 5.75 Å². The van der Waals surface area contributed by atoms with Gasteiger partial charge in [-0.05, 0) is 42.2 Å². The number of hydrogen-bond acceptors (Lipinski definition) is 3. The minimum atomic E-state index is -3.55. The number of sulfonamides is 1. The molecule has 0 saturated heterocycles. The quantitative estimate of drug-likeness (QED) is 0.795. The number of rotatable bonds is 6. The van der Waals surface area contributed by atoms with Crippen molar-refractivity contribution >= 4 is 10.0 Å². The molecule has 0 aromatic heterocycles. The average molecular weight is 347 g/mol. The van der Waals surface area contributed by atoms with Crippen LogP contribution in [-0.2, 0) is 16.6 Å². The Morgan fingerprint density at radius 2 is 1.83 bits per heavy atom. The zero-order valence-corrected chi connectivity index (χ0v) is 15.7. The molecule has 0 fully saturated rings. The van der Waals surface area contributed by atoms with Crippen molar-refractivity contribution in [2.24, 2.45) is 0 Å². The molecule has 0 atom stereocenters. The molecule has 4 nitrogen and oxygen atoms in total. The van der Waals surface area contributed by atoms with Gasteiger partial charge in [-0.3, -0.25) is 0 Å². The van der Waals surface area contributed by atoms with Crippen LogP contribution in [0.15, 0.2) is 47.4 Å². The van der Waals surface area contributed by atoms with Gasteiger partial charge in [0.25, 0.3) is 0 Å². The van der Waals surface area contributed by atoms with Gasteiger partial charge in [-0.25, -0.2) is 8.42 Å². The smallest absolute Gasteiger partial charge is 0.243 e. The van der Waals surface area contributed by atoms with Crippen molar-refractivity contribution in [2.75, 3.05) is 14.2 Å². The standard InChI is InChI=1S/C19H25NO3S/c1-14(2)18-12-17(9-10-19(18)23-5)24(21,22)20(4)13-16-8-6-7-15(3)11-16/h6-12,14H,13H2,1-5H3. The van der Waals surface area contributed by atoms with Gasteiger partial charge in [-0.1, -0.05) is 43.7 Å². The Morgan fingerprint density at radius 1 is 1.12 bits per heavy atom. The number of aryl methyl sites for hydroxylation is 1. The van der Waals surface area contributed by atoms with Gasteiger partial charge >= 0.3 is 0 Å². The van der Waals surface area contributed by atoms with E-state index in [1.54, 1.807) is 32.4 Å². The Hall–Kier alpha value is -1.85. The van der Waals surface area contributed by atoms with Gasteiger partial charge in [0.05, 0.1) is 12.0 Å². The van der Waals surface area contributed by atoms with Gasteiger partial charge in [-0.15, -0.1) is 0 Å². The van der Waals surface area contributed by atoms with E-state index in [0.717, 1.165) is 16.7 Å². The van der Waals surface area contributed by atoms with E-state index in [9.17, 15) is 8.42 Å². The second kappa shape index (κ2) is 7.36. The van der Waals surface area contributed by atoms with Crippen LogP contribution in [0.2, 0.25) is 0 Å². The number of methoxy groups -OCH3 is 1. The van der Waals surface area contributed by atoms with Crippen LogP contribution in [0.3, 0.4) is 0 Å². The van der Waals surface area contributed by atoms with E-state index in [0.29, 0.717) is 17.2 Å². The molecule has 0 aliphatic heterocycles. The first kappa shape index (κ1) is 18.5. The van der Waals surface area contributed by atoms with Crippen LogP contribution in [0.1, 0.15) is 36.5 Å². The lowest BCUT2D eigenvalue weighted by Gasteiger charge is -2.19. The van der Waals surface area contributed by atoms with Crippen LogP contribution >= 0.6 is 0 Å². The van der Waals surface area contributed by atoms with Gasteiger partial charge in [0.15, 0.2) is 0 Å². The second-order valence-corrected chi connectivity index (χ2v) is 8.35. The molecule has 0 N–H and O–H groups in total. The highest BCUT2D eigenvalue weighted by Gasteiger charge is 2.23. The van der Waals surface area contributed by atoms with E-state index in [4.69, 9.17) is 4.74 Å². The molecule has 0 bridgehead atoms. The van der Waals surface area contributed by atoms with Crippen molar-refractivity contribution < 1.29 is 13.2 Å².